The molecule has 0 saturated carbocycles. The minimum atomic E-state index is -0.525. The molecule has 0 unspecified atom stereocenters. The normalized spacial score (nSPS) is 11.0. The van der Waals surface area contributed by atoms with E-state index >= 15 is 0 Å². The lowest BCUT2D eigenvalue weighted by atomic mass is 10.2. The van der Waals surface area contributed by atoms with Crippen LogP contribution in [0.25, 0.3) is 10.2 Å². The van der Waals surface area contributed by atoms with Crippen LogP contribution in [0.1, 0.15) is 21.8 Å². The summed E-state index contributed by atoms with van der Waals surface area (Å²) in [4.78, 5) is 41.9. The minimum absolute atomic E-state index is 0.114. The van der Waals surface area contributed by atoms with Gasteiger partial charge in [0, 0.05) is 17.0 Å². The van der Waals surface area contributed by atoms with E-state index in [4.69, 9.17) is 0 Å². The largest absolute Gasteiger partial charge is 0.324 e. The van der Waals surface area contributed by atoms with Crippen molar-refractivity contribution >= 4 is 38.8 Å². The number of anilines is 1. The van der Waals surface area contributed by atoms with Gasteiger partial charge in [-0.25, -0.2) is 4.98 Å². The van der Waals surface area contributed by atoms with Crippen LogP contribution in [0.4, 0.5) is 11.4 Å². The summed E-state index contributed by atoms with van der Waals surface area (Å²) in [6, 6.07) is 4.24. The van der Waals surface area contributed by atoms with Gasteiger partial charge in [-0.05, 0) is 38.8 Å². The molecule has 0 aliphatic carbocycles. The van der Waals surface area contributed by atoms with Gasteiger partial charge in [0.25, 0.3) is 11.2 Å². The van der Waals surface area contributed by atoms with Gasteiger partial charge in [0.15, 0.2) is 0 Å². The Bertz CT molecular complexity index is 1150. The first-order valence-corrected chi connectivity index (χ1v) is 9.02. The molecule has 0 fully saturated rings. The predicted octanol–water partition coefficient (Wildman–Crippen LogP) is 3.24. The molecule has 0 bridgehead atoms. The van der Waals surface area contributed by atoms with Crippen molar-refractivity contribution in [1.29, 1.82) is 0 Å². The van der Waals surface area contributed by atoms with E-state index < -0.39 is 10.8 Å². The van der Waals surface area contributed by atoms with Crippen molar-refractivity contribution in [2.75, 3.05) is 5.32 Å². The van der Waals surface area contributed by atoms with Gasteiger partial charge in [0.2, 0.25) is 5.91 Å². The summed E-state index contributed by atoms with van der Waals surface area (Å²) in [5, 5.41) is 14.1. The number of rotatable bonds is 4. The Kier molecular flexibility index (Phi) is 4.79. The van der Waals surface area contributed by atoms with Crippen LogP contribution in [-0.2, 0) is 11.3 Å². The van der Waals surface area contributed by atoms with Crippen molar-refractivity contribution in [1.82, 2.24) is 9.55 Å². The summed E-state index contributed by atoms with van der Waals surface area (Å²) in [5.41, 5.74) is 1.53. The number of nitrogens with one attached hydrogen (secondary N) is 1. The fraction of sp³-hybridized carbons (Fsp3) is 0.278. The smallest absolute Gasteiger partial charge is 0.271 e. The van der Waals surface area contributed by atoms with Gasteiger partial charge in [0.1, 0.15) is 17.2 Å². The highest BCUT2D eigenvalue weighted by Gasteiger charge is 2.17. The third-order valence-electron chi connectivity index (χ3n) is 4.49. The molecule has 1 aromatic carbocycles. The lowest BCUT2D eigenvalue weighted by Crippen LogP contribution is -2.30. The predicted molar refractivity (Wildman–Crippen MR) is 105 cm³/mol. The first kappa shape index (κ1) is 18.7. The Balaban J connectivity index is 1.93. The van der Waals surface area contributed by atoms with Gasteiger partial charge in [-0.15, -0.1) is 11.3 Å². The number of nitro groups is 1. The molecule has 8 nitrogen and oxygen atoms in total. The van der Waals surface area contributed by atoms with E-state index in [1.165, 1.54) is 28.0 Å². The van der Waals surface area contributed by atoms with Crippen molar-refractivity contribution in [3.63, 3.8) is 0 Å². The van der Waals surface area contributed by atoms with Crippen LogP contribution in [0, 0.1) is 37.8 Å². The molecule has 3 aromatic rings. The minimum Gasteiger partial charge on any atom is -0.324 e. The molecule has 2 heterocycles. The number of hydrogen-bond acceptors (Lipinski definition) is 6. The number of hydrogen-bond donors (Lipinski definition) is 1. The first-order valence-electron chi connectivity index (χ1n) is 8.21. The first-order chi connectivity index (χ1) is 12.7. The average molecular weight is 386 g/mol. The number of non-ortho nitro benzene ring substituents is 1. The molecule has 0 aliphatic heterocycles. The highest BCUT2D eigenvalue weighted by molar-refractivity contribution is 7.18. The lowest BCUT2D eigenvalue weighted by molar-refractivity contribution is -0.384. The van der Waals surface area contributed by atoms with Gasteiger partial charge in [-0.2, -0.15) is 0 Å². The van der Waals surface area contributed by atoms with Gasteiger partial charge in [-0.1, -0.05) is 6.07 Å². The fourth-order valence-corrected chi connectivity index (χ4v) is 3.87. The zero-order chi connectivity index (χ0) is 19.9. The van der Waals surface area contributed by atoms with Crippen LogP contribution in [0.15, 0.2) is 23.0 Å². The van der Waals surface area contributed by atoms with Crippen molar-refractivity contribution in [3.05, 3.63) is 60.5 Å². The van der Waals surface area contributed by atoms with E-state index in [0.717, 1.165) is 10.4 Å². The number of thiophene rings is 1. The zero-order valence-electron chi connectivity index (χ0n) is 15.3. The van der Waals surface area contributed by atoms with E-state index in [9.17, 15) is 19.7 Å². The highest BCUT2D eigenvalue weighted by atomic mass is 32.1. The second-order valence-electron chi connectivity index (χ2n) is 6.32. The number of benzene rings is 1. The van der Waals surface area contributed by atoms with Crippen molar-refractivity contribution in [3.8, 4) is 0 Å². The Labute approximate surface area is 158 Å². The number of aryl methyl sites for hydroxylation is 4. The van der Waals surface area contributed by atoms with Gasteiger partial charge in [-0.3, -0.25) is 24.3 Å². The summed E-state index contributed by atoms with van der Waals surface area (Å²) >= 11 is 1.45. The van der Waals surface area contributed by atoms with Crippen LogP contribution < -0.4 is 10.9 Å². The summed E-state index contributed by atoms with van der Waals surface area (Å²) in [6.07, 6.45) is 0. The number of aromatic nitrogens is 2. The molecule has 9 heteroatoms. The summed E-state index contributed by atoms with van der Waals surface area (Å²) < 4.78 is 1.32. The third kappa shape index (κ3) is 3.45. The molecule has 0 radical (unpaired) electrons. The maximum Gasteiger partial charge on any atom is 0.271 e. The van der Waals surface area contributed by atoms with Crippen LogP contribution in [0.5, 0.6) is 0 Å². The third-order valence-corrected chi connectivity index (χ3v) is 5.59. The Morgan fingerprint density at radius 1 is 1.30 bits per heavy atom. The molecular formula is C18H18N4O4S. The van der Waals surface area contributed by atoms with Crippen LogP contribution >= 0.6 is 11.3 Å². The lowest BCUT2D eigenvalue weighted by Gasteiger charge is -2.11. The number of carbonyl (C=O) groups is 1. The molecule has 1 amide bonds. The van der Waals surface area contributed by atoms with Crippen LogP contribution in [-0.4, -0.2) is 20.4 Å². The molecule has 140 valence electrons. The van der Waals surface area contributed by atoms with Gasteiger partial charge in [0.05, 0.1) is 16.0 Å². The second-order valence-corrected chi connectivity index (χ2v) is 7.52. The quantitative estimate of drug-likeness (QED) is 0.547. The molecule has 0 aliphatic rings. The Morgan fingerprint density at radius 3 is 2.67 bits per heavy atom. The van der Waals surface area contributed by atoms with E-state index in [2.05, 4.69) is 10.3 Å². The topological polar surface area (TPSA) is 107 Å². The number of nitrogens with zero attached hydrogens (tertiary/aromatic N) is 3. The molecule has 0 saturated heterocycles. The molecule has 3 rings (SSSR count). The van der Waals surface area contributed by atoms with Crippen LogP contribution in [0.3, 0.4) is 0 Å². The molecule has 2 aromatic heterocycles. The monoisotopic (exact) mass is 386 g/mol. The number of carbonyl (C=O) groups excluding carboxylic acids is 1. The van der Waals surface area contributed by atoms with E-state index in [1.807, 2.05) is 13.8 Å². The maximum atomic E-state index is 12.8. The van der Waals surface area contributed by atoms with Crippen molar-refractivity contribution in [2.45, 2.75) is 34.2 Å². The number of nitro benzene ring substituents is 1. The van der Waals surface area contributed by atoms with E-state index in [0.29, 0.717) is 27.3 Å². The standard InChI is InChI=1S/C18H18N4O4S/c1-9-5-6-13(22(25)26)7-14(9)20-15(23)8-21-12(4)19-17-16(18(21)24)10(2)11(3)27-17/h5-7H,8H2,1-4H3,(H,20,23). The summed E-state index contributed by atoms with van der Waals surface area (Å²) in [6.45, 7) is 6.99. The molecule has 0 spiro atoms. The Morgan fingerprint density at radius 2 is 2.00 bits per heavy atom. The molecule has 0 atom stereocenters. The van der Waals surface area contributed by atoms with Gasteiger partial charge >= 0.3 is 0 Å². The number of fused-ring (bicyclic) bond motifs is 1. The number of amides is 1. The zero-order valence-corrected chi connectivity index (χ0v) is 16.1. The maximum absolute atomic E-state index is 12.8. The molecule has 1 N–H and O–H groups in total. The fourth-order valence-electron chi connectivity index (χ4n) is 2.81. The highest BCUT2D eigenvalue weighted by Crippen LogP contribution is 2.26. The van der Waals surface area contributed by atoms with Crippen molar-refractivity contribution < 1.29 is 9.72 Å². The molecular weight excluding hydrogens is 368 g/mol. The average Bonchev–Trinajstić information content (AvgIpc) is 2.87. The van der Waals surface area contributed by atoms with Gasteiger partial charge < -0.3 is 5.32 Å². The molecule has 27 heavy (non-hydrogen) atoms. The summed E-state index contributed by atoms with van der Waals surface area (Å²) in [5.74, 6) is -0.00535. The Hall–Kier alpha value is -3.07. The van der Waals surface area contributed by atoms with E-state index in [-0.39, 0.29) is 17.8 Å². The SMILES string of the molecule is Cc1ccc([N+](=O)[O-])cc1NC(=O)Cn1c(C)nc2sc(C)c(C)c2c1=O. The summed E-state index contributed by atoms with van der Waals surface area (Å²) in [7, 11) is 0. The van der Waals surface area contributed by atoms with Crippen LogP contribution in [0.2, 0.25) is 0 Å². The van der Waals surface area contributed by atoms with E-state index in [1.54, 1.807) is 19.9 Å². The second kappa shape index (κ2) is 6.92. The van der Waals surface area contributed by atoms with Crippen molar-refractivity contribution in [2.24, 2.45) is 0 Å².